The van der Waals surface area contributed by atoms with Crippen molar-refractivity contribution >= 4 is 47.7 Å². The van der Waals surface area contributed by atoms with Gasteiger partial charge in [-0.15, -0.1) is 23.2 Å². The molecule has 3 N–H and O–H groups in total. The summed E-state index contributed by atoms with van der Waals surface area (Å²) in [6.45, 7) is 4.01. The lowest BCUT2D eigenvalue weighted by molar-refractivity contribution is 0.368. The van der Waals surface area contributed by atoms with Crippen molar-refractivity contribution in [1.82, 2.24) is 0 Å². The third-order valence-corrected chi connectivity index (χ3v) is 3.56. The predicted octanol–water partition coefficient (Wildman–Crippen LogP) is 2.40. The summed E-state index contributed by atoms with van der Waals surface area (Å²) >= 11 is 14.5. The number of hydrogen-bond donors (Lipinski definition) is 3. The van der Waals surface area contributed by atoms with Crippen LogP contribution in [0, 0.1) is 5.41 Å². The van der Waals surface area contributed by atoms with Gasteiger partial charge in [-0.3, -0.25) is 0 Å². The van der Waals surface area contributed by atoms with E-state index in [1.54, 1.807) is 0 Å². The molecule has 0 aromatic rings. The Labute approximate surface area is 91.8 Å². The SMILES string of the molecule is CC(C)(CBr)C(Cl)Cl.OP(O)O. The van der Waals surface area contributed by atoms with Gasteiger partial charge in [-0.25, -0.2) is 0 Å². The minimum Gasteiger partial charge on any atom is -0.328 e. The summed E-state index contributed by atoms with van der Waals surface area (Å²) in [5.74, 6) is 0. The van der Waals surface area contributed by atoms with E-state index in [2.05, 4.69) is 15.9 Å². The van der Waals surface area contributed by atoms with Crippen LogP contribution in [0.3, 0.4) is 0 Å². The third-order valence-electron chi connectivity index (χ3n) is 0.935. The normalized spacial score (nSPS) is 11.5. The Balaban J connectivity index is 0. The Morgan fingerprint density at radius 1 is 1.33 bits per heavy atom. The van der Waals surface area contributed by atoms with E-state index < -0.39 is 8.60 Å². The van der Waals surface area contributed by atoms with E-state index in [1.165, 1.54) is 0 Å². The van der Waals surface area contributed by atoms with Gasteiger partial charge in [0, 0.05) is 10.7 Å². The Morgan fingerprint density at radius 2 is 1.58 bits per heavy atom. The number of hydrogen-bond acceptors (Lipinski definition) is 3. The van der Waals surface area contributed by atoms with E-state index in [0.717, 1.165) is 5.33 Å². The molecule has 0 heterocycles. The van der Waals surface area contributed by atoms with Gasteiger partial charge in [-0.05, 0) is 0 Å². The molecule has 0 aliphatic carbocycles. The fraction of sp³-hybridized carbons (Fsp3) is 1.00. The fourth-order valence-corrected chi connectivity index (χ4v) is 0.909. The van der Waals surface area contributed by atoms with E-state index >= 15 is 0 Å². The summed E-state index contributed by atoms with van der Waals surface area (Å²) in [6.07, 6.45) is 0. The molecule has 0 unspecified atom stereocenters. The first-order chi connectivity index (χ1) is 5.24. The molecule has 76 valence electrons. The lowest BCUT2D eigenvalue weighted by Crippen LogP contribution is -2.21. The zero-order valence-corrected chi connectivity index (χ0v) is 10.7. The van der Waals surface area contributed by atoms with Gasteiger partial charge in [0.1, 0.15) is 4.84 Å². The molecular weight excluding hydrogens is 290 g/mol. The Bertz CT molecular complexity index is 110. The molecule has 0 aromatic carbocycles. The number of alkyl halides is 3. The molecule has 0 fully saturated rings. The highest BCUT2D eigenvalue weighted by atomic mass is 79.9. The van der Waals surface area contributed by atoms with Gasteiger partial charge in [0.25, 0.3) is 0 Å². The first-order valence-electron chi connectivity index (χ1n) is 2.95. The molecule has 0 bridgehead atoms. The highest BCUT2D eigenvalue weighted by Crippen LogP contribution is 2.29. The van der Waals surface area contributed by atoms with Crippen molar-refractivity contribution in [3.05, 3.63) is 0 Å². The predicted molar refractivity (Wildman–Crippen MR) is 56.6 cm³/mol. The lowest BCUT2D eigenvalue weighted by Gasteiger charge is -2.21. The monoisotopic (exact) mass is 300 g/mol. The molecule has 0 amide bonds. The standard InChI is InChI=1S/C5H9BrCl2.H3O3P/c1-5(2,3-6)4(7)8;1-4(2)3/h4H,3H2,1-2H3;1-3H. The number of rotatable bonds is 2. The van der Waals surface area contributed by atoms with Crippen molar-refractivity contribution in [2.75, 3.05) is 5.33 Å². The van der Waals surface area contributed by atoms with Crippen molar-refractivity contribution in [2.24, 2.45) is 5.41 Å². The summed E-state index contributed by atoms with van der Waals surface area (Å²) in [5.41, 5.74) is -0.0108. The maximum Gasteiger partial charge on any atom is 0.324 e. The molecule has 0 spiro atoms. The quantitative estimate of drug-likeness (QED) is 0.542. The van der Waals surface area contributed by atoms with Gasteiger partial charge in [0.15, 0.2) is 0 Å². The van der Waals surface area contributed by atoms with Crippen LogP contribution in [-0.2, 0) is 0 Å². The molecule has 7 heteroatoms. The van der Waals surface area contributed by atoms with Crippen LogP contribution in [0.5, 0.6) is 0 Å². The maximum atomic E-state index is 7.23. The van der Waals surface area contributed by atoms with Crippen molar-refractivity contribution in [3.8, 4) is 0 Å². The van der Waals surface area contributed by atoms with Crippen LogP contribution in [0.15, 0.2) is 0 Å². The second-order valence-corrected chi connectivity index (χ2v) is 4.88. The molecule has 0 aromatic heterocycles. The molecule has 0 rings (SSSR count). The lowest BCUT2D eigenvalue weighted by atomic mass is 10.0. The molecule has 3 nitrogen and oxygen atoms in total. The molecule has 0 aliphatic heterocycles. The van der Waals surface area contributed by atoms with Crippen LogP contribution in [0.1, 0.15) is 13.8 Å². The summed E-state index contributed by atoms with van der Waals surface area (Å²) in [7, 11) is -2.62. The van der Waals surface area contributed by atoms with E-state index in [4.69, 9.17) is 37.9 Å². The van der Waals surface area contributed by atoms with Crippen LogP contribution in [0.4, 0.5) is 0 Å². The molecular formula is C5H12BrCl2O3P. The van der Waals surface area contributed by atoms with Crippen LogP contribution in [-0.4, -0.2) is 24.8 Å². The van der Waals surface area contributed by atoms with Gasteiger partial charge in [-0.1, -0.05) is 29.8 Å². The maximum absolute atomic E-state index is 7.23. The zero-order chi connectivity index (χ0) is 10.4. The van der Waals surface area contributed by atoms with Gasteiger partial charge in [0.05, 0.1) is 0 Å². The Hall–Kier alpha value is 1.37. The fourth-order valence-electron chi connectivity index (χ4n) is 0.0583. The average Bonchev–Trinajstić information content (AvgIpc) is 1.86. The molecule has 0 saturated heterocycles. The van der Waals surface area contributed by atoms with Gasteiger partial charge in [-0.2, -0.15) is 0 Å². The Kier molecular flexibility index (Phi) is 10.2. The molecule has 12 heavy (non-hydrogen) atoms. The first-order valence-corrected chi connectivity index (χ1v) is 6.14. The average molecular weight is 302 g/mol. The molecule has 0 atom stereocenters. The van der Waals surface area contributed by atoms with Crippen LogP contribution >= 0.6 is 47.7 Å². The number of halogens is 3. The topological polar surface area (TPSA) is 60.7 Å². The summed E-state index contributed by atoms with van der Waals surface area (Å²) < 4.78 is 0. The van der Waals surface area contributed by atoms with Crippen molar-refractivity contribution in [2.45, 2.75) is 18.7 Å². The highest BCUT2D eigenvalue weighted by molar-refractivity contribution is 9.09. The van der Waals surface area contributed by atoms with Crippen molar-refractivity contribution in [1.29, 1.82) is 0 Å². The van der Waals surface area contributed by atoms with Gasteiger partial charge in [0.2, 0.25) is 0 Å². The van der Waals surface area contributed by atoms with E-state index in [9.17, 15) is 0 Å². The Morgan fingerprint density at radius 3 is 1.58 bits per heavy atom. The van der Waals surface area contributed by atoms with Crippen molar-refractivity contribution in [3.63, 3.8) is 0 Å². The van der Waals surface area contributed by atoms with Crippen LogP contribution in [0.2, 0.25) is 0 Å². The summed E-state index contributed by atoms with van der Waals surface area (Å²) in [4.78, 5) is 21.4. The largest absolute Gasteiger partial charge is 0.328 e. The molecule has 0 saturated carbocycles. The van der Waals surface area contributed by atoms with E-state index in [0.29, 0.717) is 0 Å². The van der Waals surface area contributed by atoms with E-state index in [-0.39, 0.29) is 10.3 Å². The van der Waals surface area contributed by atoms with Crippen LogP contribution < -0.4 is 0 Å². The van der Waals surface area contributed by atoms with Crippen molar-refractivity contribution < 1.29 is 14.7 Å². The van der Waals surface area contributed by atoms with Crippen LogP contribution in [0.25, 0.3) is 0 Å². The minimum atomic E-state index is -2.62. The highest BCUT2D eigenvalue weighted by Gasteiger charge is 2.23. The molecule has 0 aliphatic rings. The summed E-state index contributed by atoms with van der Waals surface area (Å²) in [5, 5.41) is 0.831. The molecule has 0 radical (unpaired) electrons. The third kappa shape index (κ3) is 11.4. The van der Waals surface area contributed by atoms with E-state index in [1.807, 2.05) is 13.8 Å². The smallest absolute Gasteiger partial charge is 0.324 e. The zero-order valence-electron chi connectivity index (χ0n) is 6.71. The second kappa shape index (κ2) is 7.74. The second-order valence-electron chi connectivity index (χ2n) is 2.69. The summed E-state index contributed by atoms with van der Waals surface area (Å²) in [6, 6.07) is 0. The first kappa shape index (κ1) is 15.8. The minimum absolute atomic E-state index is 0.0108. The van der Waals surface area contributed by atoms with Gasteiger partial charge < -0.3 is 14.7 Å². The van der Waals surface area contributed by atoms with Gasteiger partial charge >= 0.3 is 8.60 Å².